The van der Waals surface area contributed by atoms with Gasteiger partial charge in [-0.15, -0.1) is 10.2 Å². The fraction of sp³-hybridized carbons (Fsp3) is 0.100. The molecule has 6 rings (SSSR count). The summed E-state index contributed by atoms with van der Waals surface area (Å²) in [6.45, 7) is 0.400. The topological polar surface area (TPSA) is 63.8 Å². The highest BCUT2D eigenvalue weighted by atomic mass is 35.5. The van der Waals surface area contributed by atoms with E-state index < -0.39 is 6.10 Å². The van der Waals surface area contributed by atoms with E-state index in [0.29, 0.717) is 27.5 Å². The van der Waals surface area contributed by atoms with E-state index in [1.54, 1.807) is 0 Å². The average Bonchev–Trinajstić information content (AvgIpc) is 3.24. The first kappa shape index (κ1) is 24.9. The van der Waals surface area contributed by atoms with E-state index in [0.717, 1.165) is 44.3 Å². The minimum atomic E-state index is -0.650. The van der Waals surface area contributed by atoms with Crippen molar-refractivity contribution in [3.05, 3.63) is 107 Å². The molecule has 0 radical (unpaired) electrons. The largest absolute Gasteiger partial charge is 0.390 e. The van der Waals surface area contributed by atoms with Crippen LogP contribution in [0.4, 0.5) is 0 Å². The first-order valence-electron chi connectivity index (χ1n) is 12.1. The molecule has 4 aromatic carbocycles. The van der Waals surface area contributed by atoms with E-state index in [9.17, 15) is 5.11 Å². The number of rotatable bonds is 7. The highest BCUT2D eigenvalue weighted by molar-refractivity contribution is 7.99. The number of aromatic nitrogens is 4. The molecule has 0 fully saturated rings. The van der Waals surface area contributed by atoms with Crippen molar-refractivity contribution in [1.29, 1.82) is 0 Å². The minimum absolute atomic E-state index is 0.400. The summed E-state index contributed by atoms with van der Waals surface area (Å²) < 4.78 is 2.11. The zero-order chi connectivity index (χ0) is 26.1. The molecule has 0 amide bonds. The predicted molar refractivity (Wildman–Crippen MR) is 157 cm³/mol. The van der Waals surface area contributed by atoms with E-state index in [1.807, 2.05) is 97.1 Å². The minimum Gasteiger partial charge on any atom is -0.390 e. The standard InChI is InChI=1S/C30H22Cl2N4OS/c31-21-11-13-26-24(15-21)25-16-22(32)12-14-27(25)36(26)17-23(37)18-38-30-33-28(19-7-3-1-4-8-19)29(34-35-30)20-9-5-2-6-10-20/h1-16,23,37H,17-18H2. The van der Waals surface area contributed by atoms with Gasteiger partial charge in [-0.1, -0.05) is 95.6 Å². The highest BCUT2D eigenvalue weighted by Crippen LogP contribution is 2.34. The van der Waals surface area contributed by atoms with Crippen LogP contribution in [0.2, 0.25) is 10.0 Å². The fourth-order valence-corrected chi connectivity index (χ4v) is 5.68. The Kier molecular flexibility index (Phi) is 7.04. The number of nitrogens with zero attached hydrogens (tertiary/aromatic N) is 4. The first-order valence-corrected chi connectivity index (χ1v) is 13.8. The number of benzene rings is 4. The molecule has 2 heterocycles. The maximum absolute atomic E-state index is 11.1. The summed E-state index contributed by atoms with van der Waals surface area (Å²) in [5.41, 5.74) is 5.39. The van der Waals surface area contributed by atoms with Crippen molar-refractivity contribution in [2.45, 2.75) is 17.8 Å². The van der Waals surface area contributed by atoms with Crippen molar-refractivity contribution < 1.29 is 5.11 Å². The van der Waals surface area contributed by atoms with Gasteiger partial charge in [0.25, 0.3) is 0 Å². The second kappa shape index (κ2) is 10.8. The molecule has 0 saturated carbocycles. The van der Waals surface area contributed by atoms with Crippen LogP contribution in [0.1, 0.15) is 0 Å². The number of halogens is 2. The van der Waals surface area contributed by atoms with Crippen molar-refractivity contribution in [2.24, 2.45) is 0 Å². The van der Waals surface area contributed by atoms with E-state index in [4.69, 9.17) is 28.2 Å². The molecule has 0 aliphatic rings. The summed E-state index contributed by atoms with van der Waals surface area (Å²) in [6, 6.07) is 31.4. The summed E-state index contributed by atoms with van der Waals surface area (Å²) >= 11 is 14.0. The number of hydrogen-bond donors (Lipinski definition) is 1. The Bertz CT molecular complexity index is 1680. The molecule has 0 aliphatic carbocycles. The molecule has 6 aromatic rings. The molecule has 2 aromatic heterocycles. The molecule has 0 bridgehead atoms. The second-order valence-electron chi connectivity index (χ2n) is 8.92. The van der Waals surface area contributed by atoms with Crippen LogP contribution in [0.25, 0.3) is 44.3 Å². The molecule has 0 spiro atoms. The monoisotopic (exact) mass is 556 g/mol. The number of hydrogen-bond acceptors (Lipinski definition) is 5. The van der Waals surface area contributed by atoms with Gasteiger partial charge < -0.3 is 9.67 Å². The molecule has 0 aliphatic heterocycles. The lowest BCUT2D eigenvalue weighted by atomic mass is 10.0. The summed E-state index contributed by atoms with van der Waals surface area (Å²) in [5, 5.41) is 23.8. The van der Waals surface area contributed by atoms with E-state index >= 15 is 0 Å². The van der Waals surface area contributed by atoms with E-state index in [1.165, 1.54) is 11.8 Å². The lowest BCUT2D eigenvalue weighted by Crippen LogP contribution is -2.18. The van der Waals surface area contributed by atoms with Crippen molar-refractivity contribution in [3.63, 3.8) is 0 Å². The summed E-state index contributed by atoms with van der Waals surface area (Å²) in [7, 11) is 0. The van der Waals surface area contributed by atoms with Crippen molar-refractivity contribution in [1.82, 2.24) is 19.7 Å². The van der Waals surface area contributed by atoms with Gasteiger partial charge >= 0.3 is 0 Å². The van der Waals surface area contributed by atoms with Gasteiger partial charge in [-0.2, -0.15) is 0 Å². The quantitative estimate of drug-likeness (QED) is 0.203. The zero-order valence-corrected chi connectivity index (χ0v) is 22.5. The second-order valence-corrected chi connectivity index (χ2v) is 10.8. The van der Waals surface area contributed by atoms with Crippen LogP contribution in [-0.4, -0.2) is 36.7 Å². The summed E-state index contributed by atoms with van der Waals surface area (Å²) in [5.74, 6) is 0.406. The number of aliphatic hydroxyl groups is 1. The molecule has 38 heavy (non-hydrogen) atoms. The van der Waals surface area contributed by atoms with Gasteiger partial charge in [-0.25, -0.2) is 4.98 Å². The SMILES string of the molecule is OC(CSc1nnc(-c2ccccc2)c(-c2ccccc2)n1)Cn1c2ccc(Cl)cc2c2cc(Cl)ccc21. The summed E-state index contributed by atoms with van der Waals surface area (Å²) in [6.07, 6.45) is -0.650. The molecule has 0 saturated heterocycles. The Morgan fingerprint density at radius 2 is 1.26 bits per heavy atom. The first-order chi connectivity index (χ1) is 18.6. The number of thioether (sulfide) groups is 1. The van der Waals surface area contributed by atoms with Gasteiger partial charge in [0.05, 0.1) is 12.6 Å². The van der Waals surface area contributed by atoms with Gasteiger partial charge in [0, 0.05) is 48.7 Å². The maximum Gasteiger partial charge on any atom is 0.209 e. The van der Waals surface area contributed by atoms with Gasteiger partial charge in [0.1, 0.15) is 11.4 Å². The Morgan fingerprint density at radius 3 is 1.84 bits per heavy atom. The number of fused-ring (bicyclic) bond motifs is 3. The summed E-state index contributed by atoms with van der Waals surface area (Å²) in [4.78, 5) is 4.85. The van der Waals surface area contributed by atoms with Crippen LogP contribution < -0.4 is 0 Å². The third-order valence-corrected chi connectivity index (χ3v) is 7.80. The van der Waals surface area contributed by atoms with Crippen LogP contribution in [0.15, 0.2) is 102 Å². The molecule has 1 N–H and O–H groups in total. The highest BCUT2D eigenvalue weighted by Gasteiger charge is 2.17. The zero-order valence-electron chi connectivity index (χ0n) is 20.1. The number of aliphatic hydroxyl groups excluding tert-OH is 1. The van der Waals surface area contributed by atoms with Gasteiger partial charge in [0.2, 0.25) is 5.16 Å². The van der Waals surface area contributed by atoms with Crippen molar-refractivity contribution >= 4 is 56.8 Å². The van der Waals surface area contributed by atoms with Crippen LogP contribution in [0, 0.1) is 0 Å². The smallest absolute Gasteiger partial charge is 0.209 e. The van der Waals surface area contributed by atoms with Crippen LogP contribution >= 0.6 is 35.0 Å². The molecule has 5 nitrogen and oxygen atoms in total. The van der Waals surface area contributed by atoms with Gasteiger partial charge in [0.15, 0.2) is 0 Å². The Labute approximate surface area is 234 Å². The fourth-order valence-electron chi connectivity index (χ4n) is 4.64. The Morgan fingerprint density at radius 1 is 0.711 bits per heavy atom. The third kappa shape index (κ3) is 5.00. The lowest BCUT2D eigenvalue weighted by molar-refractivity contribution is 0.181. The average molecular weight is 558 g/mol. The van der Waals surface area contributed by atoms with Gasteiger partial charge in [-0.05, 0) is 36.4 Å². The molecular weight excluding hydrogens is 535 g/mol. The normalized spacial score (nSPS) is 12.3. The lowest BCUT2D eigenvalue weighted by Gasteiger charge is -2.14. The predicted octanol–water partition coefficient (Wildman–Crippen LogP) is 7.77. The Hall–Kier alpha value is -3.42. The Balaban J connectivity index is 1.27. The van der Waals surface area contributed by atoms with E-state index in [-0.39, 0.29) is 0 Å². The van der Waals surface area contributed by atoms with Crippen LogP contribution in [-0.2, 0) is 6.54 Å². The van der Waals surface area contributed by atoms with Crippen molar-refractivity contribution in [2.75, 3.05) is 5.75 Å². The van der Waals surface area contributed by atoms with Crippen LogP contribution in [0.3, 0.4) is 0 Å². The molecule has 8 heteroatoms. The van der Waals surface area contributed by atoms with Crippen LogP contribution in [0.5, 0.6) is 0 Å². The molecule has 1 unspecified atom stereocenters. The molecular formula is C30H22Cl2N4OS. The maximum atomic E-state index is 11.1. The molecule has 188 valence electrons. The van der Waals surface area contributed by atoms with Crippen molar-refractivity contribution in [3.8, 4) is 22.5 Å². The third-order valence-electron chi connectivity index (χ3n) is 6.35. The van der Waals surface area contributed by atoms with E-state index in [2.05, 4.69) is 14.8 Å². The van der Waals surface area contributed by atoms with Gasteiger partial charge in [-0.3, -0.25) is 0 Å². The molecule has 1 atom stereocenters.